The second-order valence-corrected chi connectivity index (χ2v) is 7.07. The Kier molecular flexibility index (Phi) is 11.5. The maximum atomic E-state index is 5.96. The Labute approximate surface area is 180 Å². The number of nitrogens with zero attached hydrogens (tertiary/aromatic N) is 2. The van der Waals surface area contributed by atoms with Crippen molar-refractivity contribution in [3.05, 3.63) is 23.8 Å². The first kappa shape index (κ1) is 23.8. The Morgan fingerprint density at radius 1 is 1.26 bits per heavy atom. The molecule has 6 nitrogen and oxygen atoms in total. The van der Waals surface area contributed by atoms with Crippen LogP contribution in [0.15, 0.2) is 23.2 Å². The summed E-state index contributed by atoms with van der Waals surface area (Å²) in [7, 11) is 3.26. The van der Waals surface area contributed by atoms with E-state index >= 15 is 0 Å². The number of ether oxygens (including phenoxy) is 2. The van der Waals surface area contributed by atoms with Crippen LogP contribution in [0.4, 0.5) is 0 Å². The monoisotopic (exact) mass is 490 g/mol. The predicted octanol–water partition coefficient (Wildman–Crippen LogP) is 3.24. The molecule has 0 saturated carbocycles. The van der Waals surface area contributed by atoms with E-state index in [9.17, 15) is 0 Å². The van der Waals surface area contributed by atoms with Crippen molar-refractivity contribution in [2.45, 2.75) is 39.2 Å². The summed E-state index contributed by atoms with van der Waals surface area (Å²) < 4.78 is 10.5. The number of unbranched alkanes of at least 4 members (excludes halogenated alkanes) is 1. The fourth-order valence-electron chi connectivity index (χ4n) is 3.38. The van der Waals surface area contributed by atoms with Gasteiger partial charge in [0.1, 0.15) is 0 Å². The molecule has 1 atom stereocenters. The topological polar surface area (TPSA) is 72.1 Å². The van der Waals surface area contributed by atoms with E-state index in [4.69, 9.17) is 15.2 Å². The third kappa shape index (κ3) is 8.55. The van der Waals surface area contributed by atoms with Crippen molar-refractivity contribution >= 4 is 29.9 Å². The molecule has 7 heteroatoms. The number of nitrogens with one attached hydrogen (secondary N) is 1. The number of hydrogen-bond acceptors (Lipinski definition) is 4. The van der Waals surface area contributed by atoms with Crippen molar-refractivity contribution in [2.75, 3.05) is 40.4 Å². The molecule has 0 spiro atoms. The highest BCUT2D eigenvalue weighted by Gasteiger charge is 2.15. The fraction of sp³-hybridized carbons (Fsp3) is 0.650. The van der Waals surface area contributed by atoms with Crippen LogP contribution in [-0.4, -0.2) is 51.3 Å². The van der Waals surface area contributed by atoms with E-state index in [-0.39, 0.29) is 24.0 Å². The van der Waals surface area contributed by atoms with Crippen LogP contribution in [-0.2, 0) is 6.54 Å². The average molecular weight is 490 g/mol. The number of guanidine groups is 1. The van der Waals surface area contributed by atoms with Crippen LogP contribution in [0, 0.1) is 5.92 Å². The first-order valence-corrected chi connectivity index (χ1v) is 9.59. The fourth-order valence-corrected chi connectivity index (χ4v) is 3.38. The van der Waals surface area contributed by atoms with Gasteiger partial charge in [-0.1, -0.05) is 13.0 Å². The molecule has 3 N–H and O–H groups in total. The van der Waals surface area contributed by atoms with E-state index in [0.29, 0.717) is 18.3 Å². The summed E-state index contributed by atoms with van der Waals surface area (Å²) in [6, 6.07) is 5.78. The minimum absolute atomic E-state index is 0. The van der Waals surface area contributed by atoms with E-state index in [2.05, 4.69) is 22.1 Å². The molecule has 154 valence electrons. The van der Waals surface area contributed by atoms with Gasteiger partial charge in [-0.3, -0.25) is 0 Å². The van der Waals surface area contributed by atoms with E-state index in [1.54, 1.807) is 14.2 Å². The molecular weight excluding hydrogens is 455 g/mol. The normalized spacial score (nSPS) is 17.9. The van der Waals surface area contributed by atoms with Crippen molar-refractivity contribution in [1.82, 2.24) is 10.2 Å². The van der Waals surface area contributed by atoms with E-state index < -0.39 is 0 Å². The number of rotatable bonds is 9. The van der Waals surface area contributed by atoms with Crippen molar-refractivity contribution in [2.24, 2.45) is 16.6 Å². The minimum atomic E-state index is 0. The Balaban J connectivity index is 0.00000364. The number of benzene rings is 1. The second-order valence-electron chi connectivity index (χ2n) is 7.07. The van der Waals surface area contributed by atoms with Gasteiger partial charge in [-0.25, -0.2) is 4.99 Å². The molecule has 2 rings (SSSR count). The third-order valence-electron chi connectivity index (χ3n) is 4.83. The molecule has 0 radical (unpaired) electrons. The lowest BCUT2D eigenvalue weighted by Crippen LogP contribution is -2.36. The zero-order chi connectivity index (χ0) is 18.8. The molecule has 1 aromatic carbocycles. The lowest BCUT2D eigenvalue weighted by atomic mass is 10.0. The van der Waals surface area contributed by atoms with Gasteiger partial charge in [-0.2, -0.15) is 0 Å². The Bertz CT molecular complexity index is 583. The summed E-state index contributed by atoms with van der Waals surface area (Å²) in [6.45, 7) is 7.43. The second kappa shape index (κ2) is 13.0. The molecule has 0 bridgehead atoms. The molecule has 1 aliphatic rings. The standard InChI is InChI=1S/C20H34N4O2.HI/c1-16-7-6-12-24(15-16)11-5-4-10-22-20(21)23-14-17-8-9-18(25-2)19(13-17)26-3;/h8-9,13,16H,4-7,10-12,14-15H2,1-3H3,(H3,21,22,23);1H. The molecule has 1 aromatic rings. The first-order valence-electron chi connectivity index (χ1n) is 9.59. The molecule has 0 aromatic heterocycles. The van der Waals surface area contributed by atoms with Crippen LogP contribution >= 0.6 is 24.0 Å². The SMILES string of the molecule is COc1ccc(CN=C(N)NCCCCN2CCCC(C)C2)cc1OC.I. The van der Waals surface area contributed by atoms with Gasteiger partial charge in [0.25, 0.3) is 0 Å². The quantitative estimate of drug-likeness (QED) is 0.241. The lowest BCUT2D eigenvalue weighted by molar-refractivity contribution is 0.181. The van der Waals surface area contributed by atoms with Gasteiger partial charge in [0.05, 0.1) is 20.8 Å². The van der Waals surface area contributed by atoms with Gasteiger partial charge in [0.15, 0.2) is 17.5 Å². The molecule has 1 heterocycles. The summed E-state index contributed by atoms with van der Waals surface area (Å²) >= 11 is 0. The van der Waals surface area contributed by atoms with Crippen LogP contribution < -0.4 is 20.5 Å². The van der Waals surface area contributed by atoms with Crippen LogP contribution in [0.5, 0.6) is 11.5 Å². The molecular formula is C20H35IN4O2. The van der Waals surface area contributed by atoms with Gasteiger partial charge < -0.3 is 25.4 Å². The minimum Gasteiger partial charge on any atom is -0.493 e. The molecule has 1 aliphatic heterocycles. The summed E-state index contributed by atoms with van der Waals surface area (Å²) in [5.41, 5.74) is 7.00. The van der Waals surface area contributed by atoms with E-state index in [1.807, 2.05) is 18.2 Å². The van der Waals surface area contributed by atoms with E-state index in [1.165, 1.54) is 38.9 Å². The van der Waals surface area contributed by atoms with Crippen LogP contribution in [0.1, 0.15) is 38.2 Å². The van der Waals surface area contributed by atoms with Crippen molar-refractivity contribution < 1.29 is 9.47 Å². The predicted molar refractivity (Wildman–Crippen MR) is 122 cm³/mol. The Hall–Kier alpha value is -1.22. The number of piperidine rings is 1. The Morgan fingerprint density at radius 2 is 2.04 bits per heavy atom. The molecule has 27 heavy (non-hydrogen) atoms. The zero-order valence-electron chi connectivity index (χ0n) is 16.9. The number of likely N-dealkylation sites (tertiary alicyclic amines) is 1. The highest BCUT2D eigenvalue weighted by molar-refractivity contribution is 14.0. The number of methoxy groups -OCH3 is 2. The average Bonchev–Trinajstić information content (AvgIpc) is 2.65. The van der Waals surface area contributed by atoms with Crippen molar-refractivity contribution in [1.29, 1.82) is 0 Å². The van der Waals surface area contributed by atoms with Crippen LogP contribution in [0.2, 0.25) is 0 Å². The lowest BCUT2D eigenvalue weighted by Gasteiger charge is -2.30. The molecule has 1 fully saturated rings. The molecule has 0 amide bonds. The largest absolute Gasteiger partial charge is 0.493 e. The summed E-state index contributed by atoms with van der Waals surface area (Å²) in [5, 5.41) is 3.20. The number of hydrogen-bond donors (Lipinski definition) is 2. The van der Waals surface area contributed by atoms with Gasteiger partial charge in [0, 0.05) is 13.1 Å². The highest BCUT2D eigenvalue weighted by Crippen LogP contribution is 2.27. The maximum absolute atomic E-state index is 5.96. The summed E-state index contributed by atoms with van der Waals surface area (Å²) in [6.07, 6.45) is 5.03. The third-order valence-corrected chi connectivity index (χ3v) is 4.83. The molecule has 1 unspecified atom stereocenters. The summed E-state index contributed by atoms with van der Waals surface area (Å²) in [5.74, 6) is 2.76. The highest BCUT2D eigenvalue weighted by atomic mass is 127. The number of nitrogens with two attached hydrogens (primary N) is 1. The van der Waals surface area contributed by atoms with Gasteiger partial charge in [-0.05, 0) is 62.4 Å². The zero-order valence-corrected chi connectivity index (χ0v) is 19.2. The Morgan fingerprint density at radius 3 is 2.74 bits per heavy atom. The number of aliphatic imine (C=N–C) groups is 1. The summed E-state index contributed by atoms with van der Waals surface area (Å²) in [4.78, 5) is 6.99. The van der Waals surface area contributed by atoms with Crippen LogP contribution in [0.3, 0.4) is 0 Å². The molecule has 0 aliphatic carbocycles. The van der Waals surface area contributed by atoms with Crippen molar-refractivity contribution in [3.8, 4) is 11.5 Å². The van der Waals surface area contributed by atoms with Gasteiger partial charge in [-0.15, -0.1) is 24.0 Å². The van der Waals surface area contributed by atoms with Gasteiger partial charge >= 0.3 is 0 Å². The number of halogens is 1. The molecule has 1 saturated heterocycles. The van der Waals surface area contributed by atoms with Crippen LogP contribution in [0.25, 0.3) is 0 Å². The van der Waals surface area contributed by atoms with E-state index in [0.717, 1.165) is 30.2 Å². The van der Waals surface area contributed by atoms with Gasteiger partial charge in [0.2, 0.25) is 0 Å². The van der Waals surface area contributed by atoms with Crippen molar-refractivity contribution in [3.63, 3.8) is 0 Å². The smallest absolute Gasteiger partial charge is 0.188 e. The maximum Gasteiger partial charge on any atom is 0.188 e. The first-order chi connectivity index (χ1) is 12.6.